The summed E-state index contributed by atoms with van der Waals surface area (Å²) in [5.74, 6) is -0.542. The van der Waals surface area contributed by atoms with Crippen molar-refractivity contribution in [3.63, 3.8) is 0 Å². The van der Waals surface area contributed by atoms with Crippen LogP contribution in [0.3, 0.4) is 0 Å². The van der Waals surface area contributed by atoms with Crippen molar-refractivity contribution in [2.75, 3.05) is 0 Å². The number of pyridine rings is 1. The number of nitro benzene ring substituents is 1. The van der Waals surface area contributed by atoms with Crippen molar-refractivity contribution < 1.29 is 9.31 Å². The first-order chi connectivity index (χ1) is 15.9. The number of nitro groups is 1. The molecule has 2 aromatic carbocycles. The first-order valence-corrected chi connectivity index (χ1v) is 11.8. The minimum absolute atomic E-state index is 0.215. The Hall–Kier alpha value is -3.16. The molecule has 4 rings (SSSR count). The van der Waals surface area contributed by atoms with Gasteiger partial charge in [-0.15, -0.1) is 11.3 Å². The smallest absolute Gasteiger partial charge is 0.272 e. The van der Waals surface area contributed by atoms with Gasteiger partial charge >= 0.3 is 0 Å². The molecule has 2 aromatic heterocycles. The molecular weight excluding hydrogens is 437 g/mol. The second kappa shape index (κ2) is 12.8. The molecule has 33 heavy (non-hydrogen) atoms. The Balaban J connectivity index is 0.000000252. The number of fused-ring (bicyclic) bond motifs is 1. The number of aromatic nitrogens is 1. The number of rotatable bonds is 5. The van der Waals surface area contributed by atoms with Crippen LogP contribution in [0.2, 0.25) is 0 Å². The summed E-state index contributed by atoms with van der Waals surface area (Å²) in [5.41, 5.74) is 10.8. The topological polar surface area (TPSA) is 82.0 Å². The highest BCUT2D eigenvalue weighted by molar-refractivity contribution is 7.22. The number of aryl methyl sites for hydroxylation is 2. The second-order valence-electron chi connectivity index (χ2n) is 7.14. The quantitative estimate of drug-likeness (QED) is 0.244. The van der Waals surface area contributed by atoms with Gasteiger partial charge in [-0.1, -0.05) is 45.4 Å². The Morgan fingerprint density at radius 1 is 1.12 bits per heavy atom. The van der Waals surface area contributed by atoms with Gasteiger partial charge in [-0.2, -0.15) is 0 Å². The molecule has 0 bridgehead atoms. The van der Waals surface area contributed by atoms with Crippen molar-refractivity contribution in [2.45, 2.75) is 47.1 Å². The molecule has 0 saturated heterocycles. The largest absolute Gasteiger partial charge is 0.326 e. The fourth-order valence-corrected chi connectivity index (χ4v) is 4.30. The fourth-order valence-electron chi connectivity index (χ4n) is 3.15. The van der Waals surface area contributed by atoms with Crippen LogP contribution in [0.5, 0.6) is 0 Å². The molecule has 174 valence electrons. The molecule has 0 spiro atoms. The number of thiophene rings is 1. The number of nitrogens with two attached hydrogens (primary N) is 1. The average Bonchev–Trinajstić information content (AvgIpc) is 3.28. The third kappa shape index (κ3) is 6.91. The van der Waals surface area contributed by atoms with E-state index in [1.165, 1.54) is 38.4 Å². The summed E-state index contributed by atoms with van der Waals surface area (Å²) in [6.07, 6.45) is 4.19. The Bertz CT molecular complexity index is 1210. The van der Waals surface area contributed by atoms with Crippen LogP contribution in [0.1, 0.15) is 43.9 Å². The van der Waals surface area contributed by atoms with E-state index < -0.39 is 10.7 Å². The first-order valence-electron chi connectivity index (χ1n) is 11.0. The van der Waals surface area contributed by atoms with E-state index in [9.17, 15) is 14.5 Å². The molecule has 2 heterocycles. The lowest BCUT2D eigenvalue weighted by Crippen LogP contribution is -1.95. The third-order valence-corrected chi connectivity index (χ3v) is 6.08. The molecule has 0 aliphatic heterocycles. The normalized spacial score (nSPS) is 10.1. The molecule has 0 atom stereocenters. The van der Waals surface area contributed by atoms with E-state index >= 15 is 0 Å². The van der Waals surface area contributed by atoms with Gasteiger partial charge in [-0.25, -0.2) is 4.39 Å². The maximum atomic E-state index is 12.6. The predicted molar refractivity (Wildman–Crippen MR) is 136 cm³/mol. The fraction of sp³-hybridized carbons (Fsp3) is 0.269. The Kier molecular flexibility index (Phi) is 10.1. The summed E-state index contributed by atoms with van der Waals surface area (Å²) in [7, 11) is 0. The maximum absolute atomic E-state index is 12.6. The van der Waals surface area contributed by atoms with Crippen molar-refractivity contribution in [3.8, 4) is 10.4 Å². The van der Waals surface area contributed by atoms with Gasteiger partial charge in [0, 0.05) is 23.7 Å². The molecule has 0 unspecified atom stereocenters. The number of hydrogen-bond donors (Lipinski definition) is 1. The van der Waals surface area contributed by atoms with E-state index in [1.807, 2.05) is 31.4 Å². The van der Waals surface area contributed by atoms with Gasteiger partial charge in [0.2, 0.25) is 0 Å². The van der Waals surface area contributed by atoms with Gasteiger partial charge in [-0.05, 0) is 59.9 Å². The molecule has 0 fully saturated rings. The first kappa shape index (κ1) is 26.1. The summed E-state index contributed by atoms with van der Waals surface area (Å²) in [5, 5.41) is 10.1. The Morgan fingerprint density at radius 2 is 1.88 bits per heavy atom. The number of nitrogens with zero attached hydrogens (tertiary/aromatic N) is 2. The van der Waals surface area contributed by atoms with Gasteiger partial charge in [0.1, 0.15) is 5.82 Å². The zero-order valence-electron chi connectivity index (χ0n) is 19.5. The Morgan fingerprint density at radius 3 is 2.52 bits per heavy atom. The predicted octanol–water partition coefficient (Wildman–Crippen LogP) is 7.44. The van der Waals surface area contributed by atoms with Gasteiger partial charge in [0.05, 0.1) is 21.2 Å². The molecule has 0 aliphatic carbocycles. The van der Waals surface area contributed by atoms with Crippen LogP contribution < -0.4 is 5.73 Å². The molecule has 0 saturated carbocycles. The highest BCUT2D eigenvalue weighted by atomic mass is 32.1. The summed E-state index contributed by atoms with van der Waals surface area (Å²) in [4.78, 5) is 15.2. The highest BCUT2D eigenvalue weighted by Gasteiger charge is 2.09. The number of benzene rings is 2. The Labute approximate surface area is 198 Å². The lowest BCUT2D eigenvalue weighted by molar-refractivity contribution is -0.385. The maximum Gasteiger partial charge on any atom is 0.272 e. The SMILES string of the molecule is CC.CCCc1ccnc2cc(-c3cccc(CN)c3)sc12.Cc1ccc([N+](=O)[O-])cc1F. The molecular formula is C26H30FN3O2S. The third-order valence-electron chi connectivity index (χ3n) is 4.83. The average molecular weight is 468 g/mol. The van der Waals surface area contributed by atoms with E-state index in [4.69, 9.17) is 5.73 Å². The molecule has 4 aromatic rings. The zero-order chi connectivity index (χ0) is 24.4. The minimum Gasteiger partial charge on any atom is -0.326 e. The molecule has 5 nitrogen and oxygen atoms in total. The summed E-state index contributed by atoms with van der Waals surface area (Å²) in [6, 6.07) is 16.4. The highest BCUT2D eigenvalue weighted by Crippen LogP contribution is 2.35. The number of hydrogen-bond acceptors (Lipinski definition) is 5. The van der Waals surface area contributed by atoms with Crippen LogP contribution in [0.4, 0.5) is 10.1 Å². The van der Waals surface area contributed by atoms with Gasteiger partial charge in [-0.3, -0.25) is 15.1 Å². The van der Waals surface area contributed by atoms with E-state index in [0.29, 0.717) is 12.1 Å². The lowest BCUT2D eigenvalue weighted by atomic mass is 10.1. The van der Waals surface area contributed by atoms with Crippen LogP contribution in [0.15, 0.2) is 60.8 Å². The van der Waals surface area contributed by atoms with Crippen LogP contribution in [-0.4, -0.2) is 9.91 Å². The van der Waals surface area contributed by atoms with Crippen molar-refractivity contribution in [1.82, 2.24) is 4.98 Å². The van der Waals surface area contributed by atoms with Crippen molar-refractivity contribution in [2.24, 2.45) is 5.73 Å². The van der Waals surface area contributed by atoms with Crippen LogP contribution >= 0.6 is 11.3 Å². The minimum atomic E-state index is -0.622. The number of halogens is 1. The summed E-state index contributed by atoms with van der Waals surface area (Å²) >= 11 is 1.83. The van der Waals surface area contributed by atoms with Crippen LogP contribution in [-0.2, 0) is 13.0 Å². The zero-order valence-corrected chi connectivity index (χ0v) is 20.3. The van der Waals surface area contributed by atoms with E-state index in [1.54, 1.807) is 6.92 Å². The van der Waals surface area contributed by atoms with Gasteiger partial charge in [0.25, 0.3) is 5.69 Å². The molecule has 0 amide bonds. The summed E-state index contributed by atoms with van der Waals surface area (Å²) < 4.78 is 14.0. The second-order valence-corrected chi connectivity index (χ2v) is 8.19. The van der Waals surface area contributed by atoms with Crippen molar-refractivity contribution >= 4 is 27.2 Å². The van der Waals surface area contributed by atoms with Gasteiger partial charge < -0.3 is 5.73 Å². The molecule has 7 heteroatoms. The molecule has 0 aliphatic rings. The summed E-state index contributed by atoms with van der Waals surface area (Å²) in [6.45, 7) is 8.35. The van der Waals surface area contributed by atoms with Gasteiger partial charge in [0.15, 0.2) is 0 Å². The van der Waals surface area contributed by atoms with Crippen molar-refractivity contribution in [3.05, 3.63) is 93.4 Å². The van der Waals surface area contributed by atoms with E-state index in [2.05, 4.69) is 48.3 Å². The van der Waals surface area contributed by atoms with E-state index in [0.717, 1.165) is 24.4 Å². The molecule has 0 radical (unpaired) electrons. The standard InChI is InChI=1S/C17H18N2S.C7H6FNO2.C2H6/c1-2-4-13-7-8-19-15-10-16(20-17(13)15)14-6-3-5-12(9-14)11-18;1-5-2-3-6(9(10)11)4-7(5)8;1-2/h3,5-10H,2,4,11,18H2,1H3;2-4H,1H3;1-2H3. The van der Waals surface area contributed by atoms with Crippen LogP contribution in [0, 0.1) is 22.9 Å². The van der Waals surface area contributed by atoms with Crippen LogP contribution in [0.25, 0.3) is 20.7 Å². The van der Waals surface area contributed by atoms with Crippen molar-refractivity contribution in [1.29, 1.82) is 0 Å². The number of non-ortho nitro benzene ring substituents is 1. The molecule has 2 N–H and O–H groups in total. The monoisotopic (exact) mass is 467 g/mol. The van der Waals surface area contributed by atoms with E-state index in [-0.39, 0.29) is 5.69 Å². The lowest BCUT2D eigenvalue weighted by Gasteiger charge is -2.00.